The van der Waals surface area contributed by atoms with E-state index in [9.17, 15) is 29.1 Å². The number of carbonyl (C=O) groups excluding carboxylic acids is 4. The summed E-state index contributed by atoms with van der Waals surface area (Å²) < 4.78 is 0. The molecule has 0 aliphatic carbocycles. The first-order valence-corrected chi connectivity index (χ1v) is 12.4. The normalized spacial score (nSPS) is 14.9. The van der Waals surface area contributed by atoms with Crippen LogP contribution in [0.25, 0.3) is 0 Å². The fourth-order valence-electron chi connectivity index (χ4n) is 3.61. The summed E-state index contributed by atoms with van der Waals surface area (Å²) in [6, 6.07) is 4.37. The van der Waals surface area contributed by atoms with Gasteiger partial charge in [-0.1, -0.05) is 50.6 Å². The van der Waals surface area contributed by atoms with Gasteiger partial charge in [-0.2, -0.15) is 0 Å². The second-order valence-corrected chi connectivity index (χ2v) is 9.08. The first kappa shape index (κ1) is 31.5. The highest BCUT2D eigenvalue weighted by molar-refractivity contribution is 5.95. The summed E-state index contributed by atoms with van der Waals surface area (Å²) in [5, 5.41) is 17.3. The first-order chi connectivity index (χ1) is 17.5. The smallest absolute Gasteiger partial charge is 0.326 e. The maximum atomic E-state index is 13.3. The molecule has 0 saturated carbocycles. The van der Waals surface area contributed by atoms with E-state index in [-0.39, 0.29) is 25.2 Å². The van der Waals surface area contributed by atoms with Gasteiger partial charge in [-0.05, 0) is 37.3 Å². The van der Waals surface area contributed by atoms with Crippen LogP contribution >= 0.6 is 0 Å². The molecule has 0 heterocycles. The van der Waals surface area contributed by atoms with Gasteiger partial charge in [0.1, 0.15) is 18.1 Å². The minimum Gasteiger partial charge on any atom is -0.480 e. The number of nitrogens with one attached hydrogen (secondary N) is 3. The number of carboxylic acid groups (broad SMARTS) is 1. The summed E-state index contributed by atoms with van der Waals surface area (Å²) in [6.07, 6.45) is 1.53. The number of carbonyl (C=O) groups is 5. The number of unbranched alkanes of at least 4 members (excludes halogenated alkanes) is 1. The van der Waals surface area contributed by atoms with Gasteiger partial charge in [-0.15, -0.1) is 0 Å². The zero-order valence-electron chi connectivity index (χ0n) is 21.4. The van der Waals surface area contributed by atoms with Crippen LogP contribution in [0.5, 0.6) is 0 Å². The summed E-state index contributed by atoms with van der Waals surface area (Å²) in [5.41, 5.74) is 17.0. The number of benzene rings is 1. The molecule has 0 aromatic heterocycles. The van der Waals surface area contributed by atoms with Crippen molar-refractivity contribution in [2.24, 2.45) is 23.1 Å². The van der Waals surface area contributed by atoms with E-state index in [1.807, 2.05) is 6.92 Å². The molecule has 0 aliphatic rings. The molecule has 0 fully saturated rings. The van der Waals surface area contributed by atoms with Crippen molar-refractivity contribution in [3.8, 4) is 0 Å². The number of amides is 4. The van der Waals surface area contributed by atoms with Crippen LogP contribution in [0.2, 0.25) is 0 Å². The number of rotatable bonds is 17. The maximum absolute atomic E-state index is 13.3. The standard InChI is InChI=1S/C25H40N6O6/c1-3-15(2)21(31-22(33)17(27)14-20(28)32)24(35)30-19(13-16-9-5-4-6-10-16)23(34)29-18(25(36)37)11-7-8-12-26/h4-6,9-10,15,17-19,21H,3,7-8,11-14,26-27H2,1-2H3,(H2,28,32)(H,29,34)(H,30,35)(H,31,33)(H,36,37). The third kappa shape index (κ3) is 11.4. The third-order valence-corrected chi connectivity index (χ3v) is 6.03. The molecular formula is C25H40N6O6. The molecule has 1 aromatic rings. The van der Waals surface area contributed by atoms with E-state index in [4.69, 9.17) is 17.2 Å². The van der Waals surface area contributed by atoms with E-state index in [0.717, 1.165) is 5.56 Å². The Bertz CT molecular complexity index is 912. The van der Waals surface area contributed by atoms with Gasteiger partial charge >= 0.3 is 5.97 Å². The van der Waals surface area contributed by atoms with Crippen LogP contribution in [-0.2, 0) is 30.4 Å². The molecule has 4 amide bonds. The zero-order chi connectivity index (χ0) is 28.0. The topological polar surface area (TPSA) is 220 Å². The molecule has 206 valence electrons. The van der Waals surface area contributed by atoms with Crippen LogP contribution in [0.3, 0.4) is 0 Å². The van der Waals surface area contributed by atoms with Crippen LogP contribution in [0, 0.1) is 5.92 Å². The molecular weight excluding hydrogens is 480 g/mol. The SMILES string of the molecule is CCC(C)C(NC(=O)C(N)CC(N)=O)C(=O)NC(Cc1ccccc1)C(=O)NC(CCCCN)C(=O)O. The number of hydrogen-bond acceptors (Lipinski definition) is 7. The third-order valence-electron chi connectivity index (χ3n) is 6.03. The van der Waals surface area contributed by atoms with Gasteiger partial charge in [0.15, 0.2) is 0 Å². The molecule has 0 bridgehead atoms. The quantitative estimate of drug-likeness (QED) is 0.128. The summed E-state index contributed by atoms with van der Waals surface area (Å²) in [4.78, 5) is 61.8. The Balaban J connectivity index is 3.12. The van der Waals surface area contributed by atoms with Crippen LogP contribution in [0.1, 0.15) is 51.5 Å². The Kier molecular flexibility index (Phi) is 13.9. The highest BCUT2D eigenvalue weighted by Gasteiger charge is 2.32. The zero-order valence-corrected chi connectivity index (χ0v) is 21.4. The molecule has 1 rings (SSSR count). The van der Waals surface area contributed by atoms with Crippen molar-refractivity contribution in [3.63, 3.8) is 0 Å². The van der Waals surface area contributed by atoms with Gasteiger partial charge in [0.05, 0.1) is 12.5 Å². The van der Waals surface area contributed by atoms with Crippen molar-refractivity contribution in [2.75, 3.05) is 6.54 Å². The maximum Gasteiger partial charge on any atom is 0.326 e. The van der Waals surface area contributed by atoms with Crippen molar-refractivity contribution in [3.05, 3.63) is 35.9 Å². The minimum atomic E-state index is -1.23. The predicted molar refractivity (Wildman–Crippen MR) is 138 cm³/mol. The van der Waals surface area contributed by atoms with Crippen molar-refractivity contribution < 1.29 is 29.1 Å². The van der Waals surface area contributed by atoms with E-state index in [0.29, 0.717) is 25.8 Å². The van der Waals surface area contributed by atoms with E-state index < -0.39 is 53.8 Å². The van der Waals surface area contributed by atoms with Crippen LogP contribution in [-0.4, -0.2) is 65.4 Å². The number of hydrogen-bond donors (Lipinski definition) is 7. The molecule has 0 radical (unpaired) electrons. The van der Waals surface area contributed by atoms with Crippen LogP contribution in [0.15, 0.2) is 30.3 Å². The molecule has 12 heteroatoms. The molecule has 1 aromatic carbocycles. The number of aliphatic carboxylic acids is 1. The van der Waals surface area contributed by atoms with Crippen molar-refractivity contribution in [1.29, 1.82) is 0 Å². The van der Waals surface area contributed by atoms with Crippen molar-refractivity contribution in [1.82, 2.24) is 16.0 Å². The fourth-order valence-corrected chi connectivity index (χ4v) is 3.61. The lowest BCUT2D eigenvalue weighted by Crippen LogP contribution is -2.59. The summed E-state index contributed by atoms with van der Waals surface area (Å²) in [7, 11) is 0. The lowest BCUT2D eigenvalue weighted by molar-refractivity contribution is -0.142. The minimum absolute atomic E-state index is 0.0932. The molecule has 5 atom stereocenters. The number of nitrogens with two attached hydrogens (primary N) is 3. The molecule has 0 spiro atoms. The summed E-state index contributed by atoms with van der Waals surface area (Å²) in [6.45, 7) is 3.97. The molecule has 0 aliphatic heterocycles. The average molecular weight is 521 g/mol. The van der Waals surface area contributed by atoms with Gasteiger partial charge in [-0.25, -0.2) is 4.79 Å². The Labute approximate surface area is 217 Å². The van der Waals surface area contributed by atoms with E-state index in [1.54, 1.807) is 37.3 Å². The molecule has 12 nitrogen and oxygen atoms in total. The molecule has 10 N–H and O–H groups in total. The Hall–Kier alpha value is -3.51. The first-order valence-electron chi connectivity index (χ1n) is 12.4. The largest absolute Gasteiger partial charge is 0.480 e. The van der Waals surface area contributed by atoms with Crippen molar-refractivity contribution in [2.45, 2.75) is 76.5 Å². The van der Waals surface area contributed by atoms with E-state index in [2.05, 4.69) is 16.0 Å². The number of primary amides is 1. The number of carboxylic acids is 1. The van der Waals surface area contributed by atoms with Crippen LogP contribution in [0.4, 0.5) is 0 Å². The van der Waals surface area contributed by atoms with Crippen molar-refractivity contribution >= 4 is 29.6 Å². The van der Waals surface area contributed by atoms with Gasteiger partial charge in [0.25, 0.3) is 0 Å². The Morgan fingerprint density at radius 2 is 1.54 bits per heavy atom. The average Bonchev–Trinajstić information content (AvgIpc) is 2.85. The lowest BCUT2D eigenvalue weighted by atomic mass is 9.96. The Morgan fingerprint density at radius 3 is 2.08 bits per heavy atom. The fraction of sp³-hybridized carbons (Fsp3) is 0.560. The summed E-state index contributed by atoms with van der Waals surface area (Å²) in [5.74, 6) is -4.32. The highest BCUT2D eigenvalue weighted by Crippen LogP contribution is 2.11. The second-order valence-electron chi connectivity index (χ2n) is 9.08. The van der Waals surface area contributed by atoms with Gasteiger partial charge < -0.3 is 38.3 Å². The monoisotopic (exact) mass is 520 g/mol. The van der Waals surface area contributed by atoms with Crippen LogP contribution < -0.4 is 33.2 Å². The second kappa shape index (κ2) is 16.3. The van der Waals surface area contributed by atoms with Gasteiger partial charge in [0.2, 0.25) is 23.6 Å². The molecule has 37 heavy (non-hydrogen) atoms. The Morgan fingerprint density at radius 1 is 0.919 bits per heavy atom. The van der Waals surface area contributed by atoms with Gasteiger partial charge in [-0.3, -0.25) is 19.2 Å². The summed E-state index contributed by atoms with van der Waals surface area (Å²) >= 11 is 0. The predicted octanol–water partition coefficient (Wildman–Crippen LogP) is -0.854. The lowest BCUT2D eigenvalue weighted by Gasteiger charge is -2.28. The van der Waals surface area contributed by atoms with E-state index >= 15 is 0 Å². The molecule has 5 unspecified atom stereocenters. The highest BCUT2D eigenvalue weighted by atomic mass is 16.4. The van der Waals surface area contributed by atoms with E-state index in [1.165, 1.54) is 0 Å². The van der Waals surface area contributed by atoms with Gasteiger partial charge in [0, 0.05) is 6.42 Å². The molecule has 0 saturated heterocycles.